The second kappa shape index (κ2) is 6.05. The van der Waals surface area contributed by atoms with Gasteiger partial charge in [0.25, 0.3) is 0 Å². The summed E-state index contributed by atoms with van der Waals surface area (Å²) in [5.74, 6) is -1.56. The Balaban J connectivity index is 2.34. The van der Waals surface area contributed by atoms with E-state index < -0.39 is 11.6 Å². The van der Waals surface area contributed by atoms with Crippen molar-refractivity contribution in [3.63, 3.8) is 0 Å². The lowest BCUT2D eigenvalue weighted by Gasteiger charge is -2.06. The van der Waals surface area contributed by atoms with Crippen LogP contribution in [0.5, 0.6) is 0 Å². The lowest BCUT2D eigenvalue weighted by atomic mass is 10.2. The molecule has 3 nitrogen and oxygen atoms in total. The van der Waals surface area contributed by atoms with Crippen LogP contribution >= 0.6 is 0 Å². The molecule has 16 heavy (non-hydrogen) atoms. The molecule has 0 aliphatic heterocycles. The van der Waals surface area contributed by atoms with Gasteiger partial charge in [-0.2, -0.15) is 0 Å². The summed E-state index contributed by atoms with van der Waals surface area (Å²) in [5, 5.41) is 2.82. The Bertz CT molecular complexity index is 349. The molecule has 1 aromatic rings. The van der Waals surface area contributed by atoms with Crippen LogP contribution in [0.2, 0.25) is 0 Å². The van der Waals surface area contributed by atoms with Gasteiger partial charge in [-0.15, -0.1) is 0 Å². The van der Waals surface area contributed by atoms with Crippen LogP contribution in [0.4, 0.5) is 14.5 Å². The number of hydrogen-bond acceptors (Lipinski definition) is 3. The summed E-state index contributed by atoms with van der Waals surface area (Å²) < 4.78 is 30.0. The molecule has 1 rings (SSSR count). The van der Waals surface area contributed by atoms with Crippen molar-refractivity contribution in [1.29, 1.82) is 0 Å². The number of nitrogens with one attached hydrogen (secondary N) is 1. The van der Waals surface area contributed by atoms with Gasteiger partial charge in [0.2, 0.25) is 0 Å². The Kier molecular flexibility index (Phi) is 4.69. The summed E-state index contributed by atoms with van der Waals surface area (Å²) >= 11 is 0. The topological polar surface area (TPSA) is 38.3 Å². The molecule has 0 fully saturated rings. The SMILES string of the molecule is COC(=O)CCCNc1cc(F)cc(F)c1. The van der Waals surface area contributed by atoms with E-state index in [9.17, 15) is 13.6 Å². The third-order valence-corrected chi connectivity index (χ3v) is 1.98. The zero-order valence-corrected chi connectivity index (χ0v) is 8.93. The highest BCUT2D eigenvalue weighted by molar-refractivity contribution is 5.69. The first-order chi connectivity index (χ1) is 7.61. The highest BCUT2D eigenvalue weighted by atomic mass is 19.1. The second-order valence-electron chi connectivity index (χ2n) is 3.26. The normalized spacial score (nSPS) is 9.94. The third kappa shape index (κ3) is 4.25. The van der Waals surface area contributed by atoms with Gasteiger partial charge in [0.1, 0.15) is 11.6 Å². The van der Waals surface area contributed by atoms with E-state index in [2.05, 4.69) is 10.1 Å². The van der Waals surface area contributed by atoms with Crippen LogP contribution in [0.3, 0.4) is 0 Å². The van der Waals surface area contributed by atoms with Crippen molar-refractivity contribution in [3.8, 4) is 0 Å². The maximum atomic E-state index is 12.8. The number of ether oxygens (including phenoxy) is 1. The average Bonchev–Trinajstić information content (AvgIpc) is 2.22. The van der Waals surface area contributed by atoms with Crippen molar-refractivity contribution in [3.05, 3.63) is 29.8 Å². The minimum absolute atomic E-state index is 0.279. The highest BCUT2D eigenvalue weighted by Gasteiger charge is 2.01. The molecule has 0 spiro atoms. The number of carbonyl (C=O) groups is 1. The van der Waals surface area contributed by atoms with Crippen molar-refractivity contribution in [2.45, 2.75) is 12.8 Å². The fourth-order valence-corrected chi connectivity index (χ4v) is 1.22. The summed E-state index contributed by atoms with van der Waals surface area (Å²) in [7, 11) is 1.32. The molecule has 0 unspecified atom stereocenters. The first-order valence-corrected chi connectivity index (χ1v) is 4.88. The Morgan fingerprint density at radius 3 is 2.50 bits per heavy atom. The highest BCUT2D eigenvalue weighted by Crippen LogP contribution is 2.12. The molecular formula is C11H13F2NO2. The molecule has 1 aromatic carbocycles. The van der Waals surface area contributed by atoms with E-state index in [0.717, 1.165) is 6.07 Å². The Hall–Kier alpha value is -1.65. The van der Waals surface area contributed by atoms with E-state index in [1.165, 1.54) is 19.2 Å². The fourth-order valence-electron chi connectivity index (χ4n) is 1.22. The first kappa shape index (κ1) is 12.4. The molecule has 0 aliphatic carbocycles. The molecule has 0 aromatic heterocycles. The van der Waals surface area contributed by atoms with Crippen molar-refractivity contribution in [2.75, 3.05) is 19.0 Å². The predicted molar refractivity (Wildman–Crippen MR) is 56.1 cm³/mol. The number of hydrogen-bond donors (Lipinski definition) is 1. The van der Waals surface area contributed by atoms with Gasteiger partial charge in [-0.1, -0.05) is 0 Å². The third-order valence-electron chi connectivity index (χ3n) is 1.98. The number of methoxy groups -OCH3 is 1. The van der Waals surface area contributed by atoms with Gasteiger partial charge < -0.3 is 10.1 Å². The standard InChI is InChI=1S/C11H13F2NO2/c1-16-11(15)3-2-4-14-10-6-8(12)5-9(13)7-10/h5-7,14H,2-4H2,1H3. The minimum Gasteiger partial charge on any atom is -0.469 e. The van der Waals surface area contributed by atoms with E-state index in [4.69, 9.17) is 0 Å². The summed E-state index contributed by atoms with van der Waals surface area (Å²) in [6.07, 6.45) is 0.825. The van der Waals surface area contributed by atoms with E-state index in [-0.39, 0.29) is 12.4 Å². The molecule has 0 heterocycles. The van der Waals surface area contributed by atoms with Crippen LogP contribution in [0, 0.1) is 11.6 Å². The number of benzene rings is 1. The zero-order valence-electron chi connectivity index (χ0n) is 8.93. The van der Waals surface area contributed by atoms with E-state index in [1.54, 1.807) is 0 Å². The van der Waals surface area contributed by atoms with Gasteiger partial charge >= 0.3 is 5.97 Å². The predicted octanol–water partition coefficient (Wildman–Crippen LogP) is 2.33. The van der Waals surface area contributed by atoms with Crippen molar-refractivity contribution in [2.24, 2.45) is 0 Å². The van der Waals surface area contributed by atoms with Crippen LogP contribution in [-0.4, -0.2) is 19.6 Å². The number of rotatable bonds is 5. The fraction of sp³-hybridized carbons (Fsp3) is 0.364. The molecule has 0 amide bonds. The van der Waals surface area contributed by atoms with Gasteiger partial charge in [0, 0.05) is 24.7 Å². The van der Waals surface area contributed by atoms with Gasteiger partial charge in [-0.3, -0.25) is 4.79 Å². The average molecular weight is 229 g/mol. The summed E-state index contributed by atoms with van der Waals surface area (Å²) in [5.41, 5.74) is 0.363. The number of anilines is 1. The van der Waals surface area contributed by atoms with Crippen LogP contribution < -0.4 is 5.32 Å². The van der Waals surface area contributed by atoms with Crippen LogP contribution in [0.1, 0.15) is 12.8 Å². The van der Waals surface area contributed by atoms with Crippen molar-refractivity contribution >= 4 is 11.7 Å². The quantitative estimate of drug-likeness (QED) is 0.622. The lowest BCUT2D eigenvalue weighted by molar-refractivity contribution is -0.140. The number of carbonyl (C=O) groups excluding carboxylic acids is 1. The number of esters is 1. The molecule has 0 bridgehead atoms. The van der Waals surface area contributed by atoms with Crippen molar-refractivity contribution in [1.82, 2.24) is 0 Å². The zero-order chi connectivity index (χ0) is 12.0. The van der Waals surface area contributed by atoms with Crippen LogP contribution in [-0.2, 0) is 9.53 Å². The lowest BCUT2D eigenvalue weighted by Crippen LogP contribution is -2.06. The van der Waals surface area contributed by atoms with Gasteiger partial charge in [-0.05, 0) is 18.6 Å². The molecule has 0 aliphatic rings. The Morgan fingerprint density at radius 2 is 1.94 bits per heavy atom. The van der Waals surface area contributed by atoms with E-state index in [0.29, 0.717) is 18.7 Å². The first-order valence-electron chi connectivity index (χ1n) is 4.88. The summed E-state index contributed by atoms with van der Waals surface area (Å²) in [4.78, 5) is 10.8. The molecule has 0 saturated heterocycles. The molecule has 0 radical (unpaired) electrons. The van der Waals surface area contributed by atoms with Gasteiger partial charge in [0.15, 0.2) is 0 Å². The maximum absolute atomic E-state index is 12.8. The van der Waals surface area contributed by atoms with Crippen molar-refractivity contribution < 1.29 is 18.3 Å². The minimum atomic E-state index is -0.629. The van der Waals surface area contributed by atoms with Crippen LogP contribution in [0.15, 0.2) is 18.2 Å². The molecular weight excluding hydrogens is 216 g/mol. The molecule has 88 valence electrons. The molecule has 1 N–H and O–H groups in total. The van der Waals surface area contributed by atoms with Gasteiger partial charge in [-0.25, -0.2) is 8.78 Å². The van der Waals surface area contributed by atoms with Crippen LogP contribution in [0.25, 0.3) is 0 Å². The molecule has 0 atom stereocenters. The largest absolute Gasteiger partial charge is 0.469 e. The number of halogens is 2. The Morgan fingerprint density at radius 1 is 1.31 bits per heavy atom. The van der Waals surface area contributed by atoms with E-state index in [1.807, 2.05) is 0 Å². The Labute approximate surface area is 92.4 Å². The summed E-state index contributed by atoms with van der Waals surface area (Å²) in [6, 6.07) is 3.20. The monoisotopic (exact) mass is 229 g/mol. The maximum Gasteiger partial charge on any atom is 0.305 e. The van der Waals surface area contributed by atoms with E-state index >= 15 is 0 Å². The summed E-state index contributed by atoms with van der Waals surface area (Å²) in [6.45, 7) is 0.456. The second-order valence-corrected chi connectivity index (χ2v) is 3.26. The van der Waals surface area contributed by atoms with Gasteiger partial charge in [0.05, 0.1) is 7.11 Å². The smallest absolute Gasteiger partial charge is 0.305 e. The molecule has 0 saturated carbocycles. The molecule has 5 heteroatoms.